The minimum Gasteiger partial charge on any atom is -0.377 e. The summed E-state index contributed by atoms with van der Waals surface area (Å²) in [5, 5.41) is 5.31. The molecule has 0 bridgehead atoms. The maximum Gasteiger partial charge on any atom is 0.271 e. The molecule has 5 nitrogen and oxygen atoms in total. The van der Waals surface area contributed by atoms with Crippen LogP contribution in [-0.4, -0.2) is 30.1 Å². The Morgan fingerprint density at radius 1 is 1.79 bits per heavy atom. The van der Waals surface area contributed by atoms with E-state index in [1.165, 1.54) is 11.3 Å². The molecule has 0 spiro atoms. The molecule has 0 saturated carbocycles. The number of thiazole rings is 1. The van der Waals surface area contributed by atoms with Crippen LogP contribution in [0.2, 0.25) is 0 Å². The van der Waals surface area contributed by atoms with Gasteiger partial charge >= 0.3 is 0 Å². The van der Waals surface area contributed by atoms with Gasteiger partial charge in [-0.15, -0.1) is 11.3 Å². The second-order valence-electron chi connectivity index (χ2n) is 3.04. The highest BCUT2D eigenvalue weighted by Gasteiger charge is 2.21. The smallest absolute Gasteiger partial charge is 0.271 e. The summed E-state index contributed by atoms with van der Waals surface area (Å²) in [7, 11) is 0. The minimum atomic E-state index is -0.144. The third kappa shape index (κ3) is 1.92. The van der Waals surface area contributed by atoms with E-state index in [1.807, 2.05) is 0 Å². The Hall–Kier alpha value is -0.980. The zero-order valence-electron chi connectivity index (χ0n) is 7.53. The van der Waals surface area contributed by atoms with Crippen molar-refractivity contribution in [3.63, 3.8) is 0 Å². The highest BCUT2D eigenvalue weighted by atomic mass is 32.1. The lowest BCUT2D eigenvalue weighted by Gasteiger charge is -2.26. The number of aromatic nitrogens is 1. The molecular weight excluding hydrogens is 202 g/mol. The molecule has 1 fully saturated rings. The molecule has 2 heterocycles. The summed E-state index contributed by atoms with van der Waals surface area (Å²) in [5.41, 5.74) is 5.84. The van der Waals surface area contributed by atoms with Gasteiger partial charge in [0.25, 0.3) is 5.91 Å². The summed E-state index contributed by atoms with van der Waals surface area (Å²) in [5.74, 6) is -0.144. The van der Waals surface area contributed by atoms with Crippen molar-refractivity contribution in [3.8, 4) is 0 Å². The van der Waals surface area contributed by atoms with Crippen molar-refractivity contribution in [1.29, 1.82) is 0 Å². The SMILES string of the molecule is NCc1nc(C(=O)NC2COC2)cs1. The molecule has 0 aromatic carbocycles. The van der Waals surface area contributed by atoms with Gasteiger partial charge in [0.15, 0.2) is 0 Å². The number of hydrogen-bond acceptors (Lipinski definition) is 5. The van der Waals surface area contributed by atoms with Crippen LogP contribution in [-0.2, 0) is 11.3 Å². The maximum absolute atomic E-state index is 11.5. The Morgan fingerprint density at radius 3 is 3.07 bits per heavy atom. The van der Waals surface area contributed by atoms with Crippen molar-refractivity contribution in [2.24, 2.45) is 5.73 Å². The van der Waals surface area contributed by atoms with E-state index >= 15 is 0 Å². The van der Waals surface area contributed by atoms with E-state index in [0.29, 0.717) is 25.5 Å². The van der Waals surface area contributed by atoms with Gasteiger partial charge in [-0.2, -0.15) is 0 Å². The maximum atomic E-state index is 11.5. The molecule has 1 aliphatic rings. The molecule has 0 atom stereocenters. The van der Waals surface area contributed by atoms with Gasteiger partial charge in [-0.25, -0.2) is 4.98 Å². The Balaban J connectivity index is 1.95. The topological polar surface area (TPSA) is 77.2 Å². The number of rotatable bonds is 3. The summed E-state index contributed by atoms with van der Waals surface area (Å²) in [4.78, 5) is 15.6. The molecule has 6 heteroatoms. The van der Waals surface area contributed by atoms with Crippen molar-refractivity contribution in [2.45, 2.75) is 12.6 Å². The quantitative estimate of drug-likeness (QED) is 0.724. The van der Waals surface area contributed by atoms with Crippen LogP contribution in [0.25, 0.3) is 0 Å². The van der Waals surface area contributed by atoms with Gasteiger partial charge in [-0.05, 0) is 0 Å². The van der Waals surface area contributed by atoms with Gasteiger partial charge in [-0.1, -0.05) is 0 Å². The predicted molar refractivity (Wildman–Crippen MR) is 52.1 cm³/mol. The average Bonchev–Trinajstić information content (AvgIpc) is 2.59. The Bertz CT molecular complexity index is 335. The van der Waals surface area contributed by atoms with E-state index in [0.717, 1.165) is 5.01 Å². The lowest BCUT2D eigenvalue weighted by molar-refractivity contribution is -0.00353. The molecule has 3 N–H and O–H groups in total. The summed E-state index contributed by atoms with van der Waals surface area (Å²) >= 11 is 1.40. The second-order valence-corrected chi connectivity index (χ2v) is 3.98. The van der Waals surface area contributed by atoms with Gasteiger partial charge in [0.2, 0.25) is 0 Å². The van der Waals surface area contributed by atoms with Gasteiger partial charge in [0.1, 0.15) is 10.7 Å². The normalized spacial score (nSPS) is 16.4. The number of amides is 1. The summed E-state index contributed by atoms with van der Waals surface area (Å²) in [6.45, 7) is 1.57. The van der Waals surface area contributed by atoms with E-state index in [2.05, 4.69) is 10.3 Å². The third-order valence-electron chi connectivity index (χ3n) is 1.93. The molecule has 1 aliphatic heterocycles. The zero-order valence-corrected chi connectivity index (χ0v) is 8.34. The molecule has 1 aromatic heterocycles. The lowest BCUT2D eigenvalue weighted by atomic mass is 10.2. The fourth-order valence-corrected chi connectivity index (χ4v) is 1.74. The first-order chi connectivity index (χ1) is 6.79. The van der Waals surface area contributed by atoms with E-state index in [9.17, 15) is 4.79 Å². The fraction of sp³-hybridized carbons (Fsp3) is 0.500. The number of carbonyl (C=O) groups is 1. The predicted octanol–water partition coefficient (Wildman–Crippen LogP) is -0.270. The molecule has 1 aromatic rings. The van der Waals surface area contributed by atoms with E-state index < -0.39 is 0 Å². The van der Waals surface area contributed by atoms with Gasteiger partial charge in [0, 0.05) is 11.9 Å². The molecule has 1 amide bonds. The molecule has 76 valence electrons. The molecular formula is C8H11N3O2S. The standard InChI is InChI=1S/C8H11N3O2S/c9-1-7-11-6(4-14-7)8(12)10-5-2-13-3-5/h4-5H,1-3,9H2,(H,10,12). The van der Waals surface area contributed by atoms with Gasteiger partial charge < -0.3 is 15.8 Å². The molecule has 2 rings (SSSR count). The Morgan fingerprint density at radius 2 is 2.57 bits per heavy atom. The molecule has 1 saturated heterocycles. The number of hydrogen-bond donors (Lipinski definition) is 2. The van der Waals surface area contributed by atoms with Gasteiger partial charge in [-0.3, -0.25) is 4.79 Å². The molecule has 0 unspecified atom stereocenters. The van der Waals surface area contributed by atoms with Crippen molar-refractivity contribution >= 4 is 17.2 Å². The van der Waals surface area contributed by atoms with Crippen LogP contribution in [0.5, 0.6) is 0 Å². The van der Waals surface area contributed by atoms with Crippen molar-refractivity contribution < 1.29 is 9.53 Å². The first kappa shape index (κ1) is 9.57. The Kier molecular flexibility index (Phi) is 2.76. The summed E-state index contributed by atoms with van der Waals surface area (Å²) in [6, 6.07) is 0.144. The first-order valence-electron chi connectivity index (χ1n) is 4.32. The van der Waals surface area contributed by atoms with Crippen LogP contribution in [0.4, 0.5) is 0 Å². The van der Waals surface area contributed by atoms with Crippen LogP contribution in [0.15, 0.2) is 5.38 Å². The van der Waals surface area contributed by atoms with Crippen LogP contribution >= 0.6 is 11.3 Å². The fourth-order valence-electron chi connectivity index (χ4n) is 1.09. The van der Waals surface area contributed by atoms with Crippen LogP contribution in [0.1, 0.15) is 15.5 Å². The molecule has 0 radical (unpaired) electrons. The third-order valence-corrected chi connectivity index (χ3v) is 2.80. The summed E-state index contributed by atoms with van der Waals surface area (Å²) < 4.78 is 4.95. The second kappa shape index (κ2) is 4.04. The van der Waals surface area contributed by atoms with Crippen LogP contribution in [0.3, 0.4) is 0 Å². The van der Waals surface area contributed by atoms with Crippen LogP contribution in [0, 0.1) is 0 Å². The molecule has 14 heavy (non-hydrogen) atoms. The van der Waals surface area contributed by atoms with Crippen LogP contribution < -0.4 is 11.1 Å². The lowest BCUT2D eigenvalue weighted by Crippen LogP contribution is -2.48. The van der Waals surface area contributed by atoms with Crippen molar-refractivity contribution in [1.82, 2.24) is 10.3 Å². The monoisotopic (exact) mass is 213 g/mol. The van der Waals surface area contributed by atoms with Gasteiger partial charge in [0.05, 0.1) is 19.3 Å². The van der Waals surface area contributed by atoms with E-state index in [1.54, 1.807) is 5.38 Å². The first-order valence-corrected chi connectivity index (χ1v) is 5.20. The number of nitrogens with two attached hydrogens (primary N) is 1. The molecule has 0 aliphatic carbocycles. The highest BCUT2D eigenvalue weighted by molar-refractivity contribution is 7.09. The largest absolute Gasteiger partial charge is 0.377 e. The minimum absolute atomic E-state index is 0.144. The highest BCUT2D eigenvalue weighted by Crippen LogP contribution is 2.09. The van der Waals surface area contributed by atoms with E-state index in [-0.39, 0.29) is 11.9 Å². The number of nitrogens with zero attached hydrogens (tertiary/aromatic N) is 1. The number of ether oxygens (including phenoxy) is 1. The Labute approximate surface area is 85.3 Å². The van der Waals surface area contributed by atoms with Crippen molar-refractivity contribution in [2.75, 3.05) is 13.2 Å². The average molecular weight is 213 g/mol. The zero-order chi connectivity index (χ0) is 9.97. The number of nitrogens with one attached hydrogen (secondary N) is 1. The van der Waals surface area contributed by atoms with E-state index in [4.69, 9.17) is 10.5 Å². The number of carbonyl (C=O) groups excluding carboxylic acids is 1. The van der Waals surface area contributed by atoms with Crippen molar-refractivity contribution in [3.05, 3.63) is 16.1 Å². The summed E-state index contributed by atoms with van der Waals surface area (Å²) in [6.07, 6.45) is 0.